The lowest BCUT2D eigenvalue weighted by atomic mass is 9.75. The van der Waals surface area contributed by atoms with Crippen LogP contribution in [0.3, 0.4) is 0 Å². The number of carbonyl (C=O) groups is 1. The Bertz CT molecular complexity index is 500. The lowest BCUT2D eigenvalue weighted by molar-refractivity contribution is -0.145. The van der Waals surface area contributed by atoms with E-state index in [9.17, 15) is 13.6 Å². The average molecular weight is 280 g/mol. The summed E-state index contributed by atoms with van der Waals surface area (Å²) in [5, 5.41) is 3.11. The molecule has 3 nitrogen and oxygen atoms in total. The van der Waals surface area contributed by atoms with Crippen LogP contribution in [0.4, 0.5) is 8.78 Å². The van der Waals surface area contributed by atoms with Gasteiger partial charge in [0.05, 0.1) is 12.0 Å². The molecule has 20 heavy (non-hydrogen) atoms. The Hall–Kier alpha value is -1.49. The van der Waals surface area contributed by atoms with Crippen molar-refractivity contribution in [3.8, 4) is 0 Å². The molecule has 0 radical (unpaired) electrons. The number of nitrogens with one attached hydrogen (secondary N) is 1. The summed E-state index contributed by atoms with van der Waals surface area (Å²) in [5.74, 6) is -2.85. The zero-order valence-electron chi connectivity index (χ0n) is 11.2. The predicted octanol–water partition coefficient (Wildman–Crippen LogP) is 1.69. The van der Waals surface area contributed by atoms with Gasteiger partial charge in [0.25, 0.3) is 5.92 Å². The quantitative estimate of drug-likeness (QED) is 0.914. The van der Waals surface area contributed by atoms with Crippen molar-refractivity contribution >= 4 is 5.91 Å². The molecular formula is C15H18F2N2O. The maximum absolute atomic E-state index is 13.3. The Morgan fingerprint density at radius 2 is 1.95 bits per heavy atom. The Morgan fingerprint density at radius 1 is 1.25 bits per heavy atom. The van der Waals surface area contributed by atoms with E-state index < -0.39 is 17.9 Å². The second kappa shape index (κ2) is 4.81. The normalized spacial score (nSPS) is 23.4. The highest BCUT2D eigenvalue weighted by molar-refractivity contribution is 5.85. The second-order valence-electron chi connectivity index (χ2n) is 5.88. The zero-order chi connectivity index (χ0) is 14.2. The van der Waals surface area contributed by atoms with Crippen molar-refractivity contribution in [2.24, 2.45) is 5.41 Å². The fourth-order valence-corrected chi connectivity index (χ4v) is 3.01. The smallest absolute Gasteiger partial charge is 0.267 e. The van der Waals surface area contributed by atoms with E-state index >= 15 is 0 Å². The number of nitrogens with zero attached hydrogens (tertiary/aromatic N) is 1. The molecule has 2 heterocycles. The molecule has 0 aliphatic carbocycles. The molecule has 1 amide bonds. The fourth-order valence-electron chi connectivity index (χ4n) is 3.01. The minimum Gasteiger partial charge on any atom is -0.336 e. The fraction of sp³-hybridized carbons (Fsp3) is 0.533. The van der Waals surface area contributed by atoms with Crippen LogP contribution in [-0.4, -0.2) is 42.9 Å². The molecule has 2 saturated heterocycles. The topological polar surface area (TPSA) is 32.3 Å². The highest BCUT2D eigenvalue weighted by atomic mass is 19.3. The van der Waals surface area contributed by atoms with Crippen LogP contribution < -0.4 is 5.32 Å². The van der Waals surface area contributed by atoms with E-state index in [1.54, 1.807) is 0 Å². The summed E-state index contributed by atoms with van der Waals surface area (Å²) >= 11 is 0. The third-order valence-electron chi connectivity index (χ3n) is 4.22. The van der Waals surface area contributed by atoms with E-state index in [0.29, 0.717) is 19.5 Å². The lowest BCUT2D eigenvalue weighted by Crippen LogP contribution is -2.63. The van der Waals surface area contributed by atoms with Crippen molar-refractivity contribution in [3.05, 3.63) is 35.9 Å². The maximum Gasteiger partial charge on any atom is 0.267 e. The van der Waals surface area contributed by atoms with Gasteiger partial charge in [0, 0.05) is 26.1 Å². The van der Waals surface area contributed by atoms with Crippen LogP contribution in [0.1, 0.15) is 12.0 Å². The summed E-state index contributed by atoms with van der Waals surface area (Å²) in [5.41, 5.74) is 0.537. The molecule has 2 aliphatic rings. The minimum absolute atomic E-state index is 0.128. The van der Waals surface area contributed by atoms with Crippen LogP contribution in [-0.2, 0) is 11.2 Å². The van der Waals surface area contributed by atoms with Gasteiger partial charge >= 0.3 is 0 Å². The molecule has 0 unspecified atom stereocenters. The van der Waals surface area contributed by atoms with Crippen molar-refractivity contribution in [3.63, 3.8) is 0 Å². The number of rotatable bonds is 3. The molecule has 0 saturated carbocycles. The first-order valence-electron chi connectivity index (χ1n) is 6.93. The summed E-state index contributed by atoms with van der Waals surface area (Å²) in [6.07, 6.45) is 0.398. The van der Waals surface area contributed by atoms with Gasteiger partial charge in [0.2, 0.25) is 5.91 Å². The number of hydrogen-bond donors (Lipinski definition) is 1. The number of likely N-dealkylation sites (tertiary alicyclic amines) is 1. The third kappa shape index (κ3) is 2.42. The van der Waals surface area contributed by atoms with Gasteiger partial charge in [-0.2, -0.15) is 0 Å². The van der Waals surface area contributed by atoms with Crippen LogP contribution in [0, 0.1) is 5.41 Å². The van der Waals surface area contributed by atoms with Crippen LogP contribution in [0.5, 0.6) is 0 Å². The van der Waals surface area contributed by atoms with Crippen molar-refractivity contribution in [1.29, 1.82) is 0 Å². The second-order valence-corrected chi connectivity index (χ2v) is 5.88. The van der Waals surface area contributed by atoms with Crippen molar-refractivity contribution in [2.75, 3.05) is 26.2 Å². The largest absolute Gasteiger partial charge is 0.336 e. The molecule has 3 rings (SSSR count). The third-order valence-corrected chi connectivity index (χ3v) is 4.22. The molecule has 2 fully saturated rings. The molecule has 1 N–H and O–H groups in total. The highest BCUT2D eigenvalue weighted by Crippen LogP contribution is 2.34. The van der Waals surface area contributed by atoms with Gasteiger partial charge in [0.15, 0.2) is 0 Å². The molecule has 1 aromatic rings. The molecule has 2 aliphatic heterocycles. The van der Waals surface area contributed by atoms with E-state index in [1.807, 2.05) is 30.3 Å². The van der Waals surface area contributed by atoms with Gasteiger partial charge in [0.1, 0.15) is 0 Å². The number of alkyl halides is 2. The van der Waals surface area contributed by atoms with Crippen LogP contribution >= 0.6 is 0 Å². The number of amides is 1. The van der Waals surface area contributed by atoms with Gasteiger partial charge in [-0.05, 0) is 12.0 Å². The summed E-state index contributed by atoms with van der Waals surface area (Å²) < 4.78 is 26.6. The molecule has 108 valence electrons. The Morgan fingerprint density at radius 3 is 2.45 bits per heavy atom. The summed E-state index contributed by atoms with van der Waals surface area (Å²) in [7, 11) is 0. The van der Waals surface area contributed by atoms with E-state index in [2.05, 4.69) is 5.32 Å². The first-order chi connectivity index (χ1) is 9.51. The van der Waals surface area contributed by atoms with Gasteiger partial charge in [-0.15, -0.1) is 0 Å². The van der Waals surface area contributed by atoms with Crippen molar-refractivity contribution < 1.29 is 13.6 Å². The summed E-state index contributed by atoms with van der Waals surface area (Å²) in [4.78, 5) is 13.9. The number of benzene rings is 1. The monoisotopic (exact) mass is 280 g/mol. The first-order valence-corrected chi connectivity index (χ1v) is 6.93. The molecule has 0 spiro atoms. The molecular weight excluding hydrogens is 262 g/mol. The molecule has 5 heteroatoms. The first kappa shape index (κ1) is 13.5. The van der Waals surface area contributed by atoms with Gasteiger partial charge in [-0.3, -0.25) is 4.79 Å². The van der Waals surface area contributed by atoms with Crippen molar-refractivity contribution in [1.82, 2.24) is 10.2 Å². The number of hydrogen-bond acceptors (Lipinski definition) is 2. The minimum atomic E-state index is -2.72. The van der Waals surface area contributed by atoms with E-state index in [4.69, 9.17) is 0 Å². The summed E-state index contributed by atoms with van der Waals surface area (Å²) in [6.45, 7) is 0.885. The van der Waals surface area contributed by atoms with E-state index in [-0.39, 0.29) is 18.9 Å². The van der Waals surface area contributed by atoms with Crippen molar-refractivity contribution in [2.45, 2.75) is 18.8 Å². The molecule has 1 aromatic carbocycles. The molecule has 0 aromatic heterocycles. The van der Waals surface area contributed by atoms with Gasteiger partial charge in [-0.1, -0.05) is 30.3 Å². The van der Waals surface area contributed by atoms with Crippen LogP contribution in [0.15, 0.2) is 30.3 Å². The van der Waals surface area contributed by atoms with E-state index in [0.717, 1.165) is 5.56 Å². The Balaban J connectivity index is 1.74. The molecule has 0 bridgehead atoms. The maximum atomic E-state index is 13.3. The standard InChI is InChI=1S/C15H18F2N2O/c16-15(17)6-7-19(11-15)13(20)14(9-18-10-14)8-12-4-2-1-3-5-12/h1-5,18H,6-11H2. The lowest BCUT2D eigenvalue weighted by Gasteiger charge is -2.43. The zero-order valence-corrected chi connectivity index (χ0v) is 11.2. The van der Waals surface area contributed by atoms with E-state index in [1.165, 1.54) is 4.90 Å². The highest BCUT2D eigenvalue weighted by Gasteiger charge is 2.50. The summed E-state index contributed by atoms with van der Waals surface area (Å²) in [6, 6.07) is 9.75. The Kier molecular flexibility index (Phi) is 3.24. The molecule has 0 atom stereocenters. The van der Waals surface area contributed by atoms with Crippen LogP contribution in [0.2, 0.25) is 0 Å². The van der Waals surface area contributed by atoms with Crippen LogP contribution in [0.25, 0.3) is 0 Å². The SMILES string of the molecule is O=C(N1CCC(F)(F)C1)C1(Cc2ccccc2)CNC1. The Labute approximate surface area is 117 Å². The van der Waals surface area contributed by atoms with Gasteiger partial charge < -0.3 is 10.2 Å². The predicted molar refractivity (Wildman–Crippen MR) is 71.6 cm³/mol. The average Bonchev–Trinajstić information content (AvgIpc) is 2.75. The number of carbonyl (C=O) groups excluding carboxylic acids is 1. The number of halogens is 2. The van der Waals surface area contributed by atoms with Gasteiger partial charge in [-0.25, -0.2) is 8.78 Å².